The highest BCUT2D eigenvalue weighted by Gasteiger charge is 2.31. The van der Waals surface area contributed by atoms with Gasteiger partial charge in [-0.2, -0.15) is 0 Å². The van der Waals surface area contributed by atoms with Gasteiger partial charge in [0.25, 0.3) is 0 Å². The van der Waals surface area contributed by atoms with Gasteiger partial charge >= 0.3 is 5.97 Å². The van der Waals surface area contributed by atoms with E-state index < -0.39 is 0 Å². The van der Waals surface area contributed by atoms with Gasteiger partial charge in [0.05, 0.1) is 13.0 Å². The molecule has 0 radical (unpaired) electrons. The van der Waals surface area contributed by atoms with Crippen LogP contribution in [0.1, 0.15) is 43.6 Å². The number of hydrogen-bond donors (Lipinski definition) is 0. The largest absolute Gasteiger partial charge is 0.469 e. The molecule has 0 amide bonds. The summed E-state index contributed by atoms with van der Waals surface area (Å²) in [7, 11) is 1.47. The molecule has 0 aromatic heterocycles. The van der Waals surface area contributed by atoms with E-state index in [1.807, 2.05) is 18.2 Å². The van der Waals surface area contributed by atoms with E-state index in [9.17, 15) is 4.79 Å². The Morgan fingerprint density at radius 2 is 2.06 bits per heavy atom. The summed E-state index contributed by atoms with van der Waals surface area (Å²) in [5, 5.41) is 0.736. The fraction of sp³-hybridized carbons (Fsp3) is 0.533. The van der Waals surface area contributed by atoms with E-state index in [0.717, 1.165) is 24.3 Å². The molecule has 0 aliphatic heterocycles. The van der Waals surface area contributed by atoms with Crippen molar-refractivity contribution >= 4 is 17.6 Å². The second kappa shape index (κ2) is 6.24. The minimum absolute atomic E-state index is 0.0176. The van der Waals surface area contributed by atoms with Gasteiger partial charge in [-0.25, -0.2) is 0 Å². The summed E-state index contributed by atoms with van der Waals surface area (Å²) in [6.07, 6.45) is 5.44. The zero-order valence-corrected chi connectivity index (χ0v) is 11.5. The zero-order chi connectivity index (χ0) is 13.0. The monoisotopic (exact) mass is 266 g/mol. The average molecular weight is 267 g/mol. The quantitative estimate of drug-likeness (QED) is 0.593. The number of ether oxygens (including phenoxy) is 1. The van der Waals surface area contributed by atoms with Crippen LogP contribution in [0.4, 0.5) is 0 Å². The lowest BCUT2D eigenvalue weighted by Crippen LogP contribution is -2.22. The minimum atomic E-state index is -0.0816. The first kappa shape index (κ1) is 13.4. The first-order chi connectivity index (χ1) is 8.72. The Kier molecular flexibility index (Phi) is 4.65. The number of esters is 1. The molecule has 2 rings (SSSR count). The van der Waals surface area contributed by atoms with Crippen LogP contribution in [0.3, 0.4) is 0 Å². The lowest BCUT2D eigenvalue weighted by atomic mass is 9.82. The van der Waals surface area contributed by atoms with Crippen LogP contribution in [0.15, 0.2) is 24.3 Å². The predicted octanol–water partition coefficient (Wildman–Crippen LogP) is 4.18. The summed E-state index contributed by atoms with van der Waals surface area (Å²) in [6.45, 7) is 0. The van der Waals surface area contributed by atoms with Crippen LogP contribution in [-0.4, -0.2) is 13.1 Å². The van der Waals surface area contributed by atoms with Crippen molar-refractivity contribution in [2.24, 2.45) is 5.92 Å². The van der Waals surface area contributed by atoms with E-state index in [2.05, 4.69) is 6.07 Å². The van der Waals surface area contributed by atoms with Gasteiger partial charge in [0.2, 0.25) is 0 Å². The van der Waals surface area contributed by atoms with Crippen molar-refractivity contribution in [2.75, 3.05) is 7.11 Å². The van der Waals surface area contributed by atoms with Crippen molar-refractivity contribution < 1.29 is 9.53 Å². The molecule has 1 aromatic carbocycles. The average Bonchev–Trinajstić information content (AvgIpc) is 2.63. The molecule has 1 aromatic rings. The Labute approximate surface area is 113 Å². The van der Waals surface area contributed by atoms with Gasteiger partial charge in [-0.05, 0) is 36.5 Å². The third kappa shape index (κ3) is 3.05. The standard InChI is InChI=1S/C15H19ClO2/c1-18-15(17)14-9-4-2-3-8-13(14)11-6-5-7-12(16)10-11/h5-7,10,13-14H,2-4,8-9H2,1H3. The fourth-order valence-corrected chi connectivity index (χ4v) is 3.08. The summed E-state index contributed by atoms with van der Waals surface area (Å²) >= 11 is 6.05. The molecule has 1 aliphatic carbocycles. The molecule has 2 atom stereocenters. The maximum Gasteiger partial charge on any atom is 0.309 e. The first-order valence-electron chi connectivity index (χ1n) is 6.55. The summed E-state index contributed by atoms with van der Waals surface area (Å²) < 4.78 is 4.96. The van der Waals surface area contributed by atoms with Crippen molar-refractivity contribution in [1.82, 2.24) is 0 Å². The molecular formula is C15H19ClO2. The van der Waals surface area contributed by atoms with Crippen molar-refractivity contribution in [3.8, 4) is 0 Å². The second-order valence-corrected chi connectivity index (χ2v) is 5.37. The van der Waals surface area contributed by atoms with Gasteiger partial charge in [-0.3, -0.25) is 4.79 Å². The maximum absolute atomic E-state index is 11.9. The Hall–Kier alpha value is -1.02. The molecule has 18 heavy (non-hydrogen) atoms. The molecule has 98 valence electrons. The van der Waals surface area contributed by atoms with Gasteiger partial charge in [0, 0.05) is 5.02 Å². The molecule has 1 saturated carbocycles. The highest BCUT2D eigenvalue weighted by Crippen LogP contribution is 2.37. The number of halogens is 1. The van der Waals surface area contributed by atoms with E-state index in [0.29, 0.717) is 0 Å². The summed E-state index contributed by atoms with van der Waals surface area (Å²) in [4.78, 5) is 11.9. The van der Waals surface area contributed by atoms with Crippen molar-refractivity contribution in [3.05, 3.63) is 34.9 Å². The summed E-state index contributed by atoms with van der Waals surface area (Å²) in [6, 6.07) is 7.87. The second-order valence-electron chi connectivity index (χ2n) is 4.93. The summed E-state index contributed by atoms with van der Waals surface area (Å²) in [5.74, 6) is 0.150. The number of carbonyl (C=O) groups is 1. The number of benzene rings is 1. The van der Waals surface area contributed by atoms with Crippen LogP contribution in [0.5, 0.6) is 0 Å². The molecule has 0 heterocycles. The molecule has 3 heteroatoms. The van der Waals surface area contributed by atoms with Crippen LogP contribution < -0.4 is 0 Å². The molecular weight excluding hydrogens is 248 g/mol. The minimum Gasteiger partial charge on any atom is -0.469 e. The number of methoxy groups -OCH3 is 1. The zero-order valence-electron chi connectivity index (χ0n) is 10.7. The molecule has 1 aliphatic rings. The van der Waals surface area contributed by atoms with Crippen LogP contribution in [0.2, 0.25) is 5.02 Å². The van der Waals surface area contributed by atoms with Gasteiger partial charge in [-0.15, -0.1) is 0 Å². The Morgan fingerprint density at radius 3 is 2.78 bits per heavy atom. The van der Waals surface area contributed by atoms with Gasteiger partial charge in [0.15, 0.2) is 0 Å². The maximum atomic E-state index is 11.9. The van der Waals surface area contributed by atoms with E-state index in [4.69, 9.17) is 16.3 Å². The van der Waals surface area contributed by atoms with E-state index in [-0.39, 0.29) is 17.8 Å². The lowest BCUT2D eigenvalue weighted by molar-refractivity contribution is -0.146. The van der Waals surface area contributed by atoms with Crippen LogP contribution in [0, 0.1) is 5.92 Å². The highest BCUT2D eigenvalue weighted by molar-refractivity contribution is 6.30. The van der Waals surface area contributed by atoms with Crippen LogP contribution in [0.25, 0.3) is 0 Å². The number of carbonyl (C=O) groups excluding carboxylic acids is 1. The van der Waals surface area contributed by atoms with Gasteiger partial charge in [-0.1, -0.05) is 43.0 Å². The van der Waals surface area contributed by atoms with Crippen molar-refractivity contribution in [1.29, 1.82) is 0 Å². The molecule has 2 unspecified atom stereocenters. The third-order valence-corrected chi connectivity index (χ3v) is 4.03. The molecule has 0 N–H and O–H groups in total. The van der Waals surface area contributed by atoms with Crippen molar-refractivity contribution in [3.63, 3.8) is 0 Å². The van der Waals surface area contributed by atoms with E-state index in [1.54, 1.807) is 0 Å². The Bertz CT molecular complexity index is 417. The van der Waals surface area contributed by atoms with E-state index in [1.165, 1.54) is 25.5 Å². The molecule has 0 saturated heterocycles. The first-order valence-corrected chi connectivity index (χ1v) is 6.93. The Morgan fingerprint density at radius 1 is 1.28 bits per heavy atom. The van der Waals surface area contributed by atoms with Crippen LogP contribution >= 0.6 is 11.6 Å². The highest BCUT2D eigenvalue weighted by atomic mass is 35.5. The summed E-state index contributed by atoms with van der Waals surface area (Å²) in [5.41, 5.74) is 1.17. The molecule has 2 nitrogen and oxygen atoms in total. The fourth-order valence-electron chi connectivity index (χ4n) is 2.88. The Balaban J connectivity index is 2.27. The topological polar surface area (TPSA) is 26.3 Å². The lowest BCUT2D eigenvalue weighted by Gasteiger charge is -2.23. The number of rotatable bonds is 2. The SMILES string of the molecule is COC(=O)C1CCCCCC1c1cccc(Cl)c1. The van der Waals surface area contributed by atoms with Crippen LogP contribution in [-0.2, 0) is 9.53 Å². The smallest absolute Gasteiger partial charge is 0.309 e. The molecule has 0 bridgehead atoms. The van der Waals surface area contributed by atoms with Gasteiger partial charge in [0.1, 0.15) is 0 Å². The van der Waals surface area contributed by atoms with E-state index >= 15 is 0 Å². The van der Waals surface area contributed by atoms with Gasteiger partial charge < -0.3 is 4.74 Å². The number of hydrogen-bond acceptors (Lipinski definition) is 2. The van der Waals surface area contributed by atoms with Crippen molar-refractivity contribution in [2.45, 2.75) is 38.0 Å². The molecule has 0 spiro atoms. The third-order valence-electron chi connectivity index (χ3n) is 3.80. The molecule has 1 fully saturated rings. The predicted molar refractivity (Wildman–Crippen MR) is 72.8 cm³/mol. The normalized spacial score (nSPS) is 24.3.